The summed E-state index contributed by atoms with van der Waals surface area (Å²) in [6, 6.07) is 11.4. The van der Waals surface area contributed by atoms with E-state index in [0.29, 0.717) is 5.69 Å². The molecule has 18 heavy (non-hydrogen) atoms. The molecule has 0 amide bonds. The van der Waals surface area contributed by atoms with E-state index in [9.17, 15) is 0 Å². The summed E-state index contributed by atoms with van der Waals surface area (Å²) in [5.74, 6) is 0. The van der Waals surface area contributed by atoms with Gasteiger partial charge in [0.2, 0.25) is 0 Å². The number of nitrogen functional groups attached to an aromatic ring is 1. The summed E-state index contributed by atoms with van der Waals surface area (Å²) in [6.45, 7) is 0. The van der Waals surface area contributed by atoms with E-state index >= 15 is 0 Å². The van der Waals surface area contributed by atoms with Gasteiger partial charge in [0, 0.05) is 18.0 Å². The normalized spacial score (nSPS) is 10.4. The Labute approximate surface area is 104 Å². The molecule has 1 aromatic carbocycles. The second-order valence-electron chi connectivity index (χ2n) is 3.83. The molecule has 3 rings (SSSR count). The number of rotatable bonds is 2. The maximum atomic E-state index is 5.95. The van der Waals surface area contributed by atoms with Crippen molar-refractivity contribution >= 4 is 5.69 Å². The Morgan fingerprint density at radius 2 is 1.89 bits per heavy atom. The van der Waals surface area contributed by atoms with Gasteiger partial charge in [-0.3, -0.25) is 4.98 Å². The van der Waals surface area contributed by atoms with E-state index in [2.05, 4.69) is 15.3 Å². The van der Waals surface area contributed by atoms with Crippen molar-refractivity contribution in [3.05, 3.63) is 55.0 Å². The van der Waals surface area contributed by atoms with Gasteiger partial charge in [-0.15, -0.1) is 5.10 Å². The van der Waals surface area contributed by atoms with E-state index in [-0.39, 0.29) is 0 Å². The lowest BCUT2D eigenvalue weighted by molar-refractivity contribution is 0.809. The van der Waals surface area contributed by atoms with E-state index in [4.69, 9.17) is 5.73 Å². The molecular weight excluding hydrogens is 226 g/mol. The van der Waals surface area contributed by atoms with Crippen molar-refractivity contribution < 1.29 is 0 Å². The molecule has 0 aliphatic rings. The van der Waals surface area contributed by atoms with Gasteiger partial charge in [-0.2, -0.15) is 0 Å². The fourth-order valence-electron chi connectivity index (χ4n) is 1.80. The molecule has 5 nitrogen and oxygen atoms in total. The van der Waals surface area contributed by atoms with Crippen molar-refractivity contribution in [1.29, 1.82) is 0 Å². The number of anilines is 1. The number of pyridine rings is 1. The minimum atomic E-state index is 0.660. The fourth-order valence-corrected chi connectivity index (χ4v) is 1.80. The molecule has 3 aromatic rings. The van der Waals surface area contributed by atoms with Gasteiger partial charge in [-0.25, -0.2) is 4.68 Å². The summed E-state index contributed by atoms with van der Waals surface area (Å²) in [7, 11) is 0. The number of para-hydroxylation sites is 2. The molecule has 88 valence electrons. The Balaban J connectivity index is 2.16. The van der Waals surface area contributed by atoms with Crippen molar-refractivity contribution in [2.24, 2.45) is 0 Å². The van der Waals surface area contributed by atoms with Crippen LogP contribution in [0.25, 0.3) is 16.9 Å². The predicted molar refractivity (Wildman–Crippen MR) is 69.0 cm³/mol. The lowest BCUT2D eigenvalue weighted by Gasteiger charge is -2.08. The summed E-state index contributed by atoms with van der Waals surface area (Å²) in [6.07, 6.45) is 5.20. The summed E-state index contributed by atoms with van der Waals surface area (Å²) < 4.78 is 1.71. The van der Waals surface area contributed by atoms with E-state index in [1.165, 1.54) is 0 Å². The maximum Gasteiger partial charge on any atom is 0.0960 e. The number of benzene rings is 1. The van der Waals surface area contributed by atoms with Gasteiger partial charge < -0.3 is 5.73 Å². The predicted octanol–water partition coefficient (Wildman–Crippen LogP) is 1.91. The Hall–Kier alpha value is -2.69. The van der Waals surface area contributed by atoms with Crippen LogP contribution in [0.4, 0.5) is 5.69 Å². The SMILES string of the molecule is Nc1ccccc1-n1nncc1-c1cccnc1. The van der Waals surface area contributed by atoms with Crippen molar-refractivity contribution in [3.8, 4) is 16.9 Å². The molecule has 5 heteroatoms. The van der Waals surface area contributed by atoms with Crippen LogP contribution in [0, 0.1) is 0 Å². The first-order valence-corrected chi connectivity index (χ1v) is 5.52. The van der Waals surface area contributed by atoms with Crippen LogP contribution in [0.3, 0.4) is 0 Å². The first-order chi connectivity index (χ1) is 8.86. The van der Waals surface area contributed by atoms with Gasteiger partial charge in [0.25, 0.3) is 0 Å². The summed E-state index contributed by atoms with van der Waals surface area (Å²) in [5, 5.41) is 8.03. The Bertz CT molecular complexity index is 660. The summed E-state index contributed by atoms with van der Waals surface area (Å²) >= 11 is 0. The van der Waals surface area contributed by atoms with Crippen molar-refractivity contribution in [1.82, 2.24) is 20.0 Å². The van der Waals surface area contributed by atoms with Gasteiger partial charge >= 0.3 is 0 Å². The average Bonchev–Trinajstić information content (AvgIpc) is 2.89. The van der Waals surface area contributed by atoms with E-state index < -0.39 is 0 Å². The highest BCUT2D eigenvalue weighted by atomic mass is 15.4. The molecule has 2 N–H and O–H groups in total. The van der Waals surface area contributed by atoms with Crippen LogP contribution in [0.5, 0.6) is 0 Å². The minimum absolute atomic E-state index is 0.660. The Morgan fingerprint density at radius 3 is 2.67 bits per heavy atom. The number of hydrogen-bond donors (Lipinski definition) is 1. The van der Waals surface area contributed by atoms with E-state index in [0.717, 1.165) is 16.9 Å². The lowest BCUT2D eigenvalue weighted by Crippen LogP contribution is -2.03. The van der Waals surface area contributed by atoms with E-state index in [1.807, 2.05) is 36.4 Å². The third kappa shape index (κ3) is 1.71. The molecule has 0 saturated heterocycles. The third-order valence-electron chi connectivity index (χ3n) is 2.67. The third-order valence-corrected chi connectivity index (χ3v) is 2.67. The summed E-state index contributed by atoms with van der Waals surface area (Å²) in [5.41, 5.74) is 9.24. The van der Waals surface area contributed by atoms with Crippen LogP contribution in [-0.2, 0) is 0 Å². The molecule has 2 aromatic heterocycles. The van der Waals surface area contributed by atoms with Gasteiger partial charge in [-0.1, -0.05) is 17.3 Å². The topological polar surface area (TPSA) is 69.6 Å². The quantitative estimate of drug-likeness (QED) is 0.691. The standard InChI is InChI=1S/C13H11N5/c14-11-5-1-2-6-12(11)18-13(9-16-17-18)10-4-3-7-15-8-10/h1-9H,14H2. The van der Waals surface area contributed by atoms with Crippen LogP contribution in [0.2, 0.25) is 0 Å². The van der Waals surface area contributed by atoms with Crippen LogP contribution in [-0.4, -0.2) is 20.0 Å². The minimum Gasteiger partial charge on any atom is -0.397 e. The Morgan fingerprint density at radius 1 is 1.00 bits per heavy atom. The molecule has 0 radical (unpaired) electrons. The number of nitrogens with two attached hydrogens (primary N) is 1. The molecule has 0 saturated carbocycles. The number of nitrogens with zero attached hydrogens (tertiary/aromatic N) is 4. The Kier molecular flexibility index (Phi) is 2.49. The van der Waals surface area contributed by atoms with Crippen LogP contribution < -0.4 is 5.73 Å². The molecule has 0 bridgehead atoms. The first-order valence-electron chi connectivity index (χ1n) is 5.52. The van der Waals surface area contributed by atoms with Gasteiger partial charge in [0.05, 0.1) is 23.3 Å². The smallest absolute Gasteiger partial charge is 0.0960 e. The van der Waals surface area contributed by atoms with Crippen molar-refractivity contribution in [3.63, 3.8) is 0 Å². The van der Waals surface area contributed by atoms with Crippen LogP contribution in [0.1, 0.15) is 0 Å². The van der Waals surface area contributed by atoms with Crippen molar-refractivity contribution in [2.45, 2.75) is 0 Å². The molecule has 0 unspecified atom stereocenters. The lowest BCUT2D eigenvalue weighted by atomic mass is 10.2. The zero-order valence-corrected chi connectivity index (χ0v) is 9.56. The second kappa shape index (κ2) is 4.29. The van der Waals surface area contributed by atoms with Crippen LogP contribution in [0.15, 0.2) is 55.0 Å². The van der Waals surface area contributed by atoms with Gasteiger partial charge in [-0.05, 0) is 24.3 Å². The molecule has 0 aliphatic heterocycles. The molecule has 0 aliphatic carbocycles. The number of aromatic nitrogens is 4. The zero-order valence-electron chi connectivity index (χ0n) is 9.56. The highest BCUT2D eigenvalue weighted by Gasteiger charge is 2.10. The molecule has 0 spiro atoms. The molecule has 0 atom stereocenters. The molecule has 0 fully saturated rings. The van der Waals surface area contributed by atoms with Gasteiger partial charge in [0.1, 0.15) is 0 Å². The monoisotopic (exact) mass is 237 g/mol. The average molecular weight is 237 g/mol. The number of hydrogen-bond acceptors (Lipinski definition) is 4. The summed E-state index contributed by atoms with van der Waals surface area (Å²) in [4.78, 5) is 4.10. The molecule has 2 heterocycles. The highest BCUT2D eigenvalue weighted by Crippen LogP contribution is 2.23. The highest BCUT2D eigenvalue weighted by molar-refractivity contribution is 5.64. The van der Waals surface area contributed by atoms with Crippen molar-refractivity contribution in [2.75, 3.05) is 5.73 Å². The van der Waals surface area contributed by atoms with Gasteiger partial charge in [0.15, 0.2) is 0 Å². The largest absolute Gasteiger partial charge is 0.397 e. The van der Waals surface area contributed by atoms with Crippen LogP contribution >= 0.6 is 0 Å². The zero-order chi connectivity index (χ0) is 12.4. The maximum absolute atomic E-state index is 5.95. The van der Waals surface area contributed by atoms with E-state index in [1.54, 1.807) is 23.3 Å². The fraction of sp³-hybridized carbons (Fsp3) is 0. The first kappa shape index (κ1) is 10.5. The molecular formula is C13H11N5. The second-order valence-corrected chi connectivity index (χ2v) is 3.83.